The van der Waals surface area contributed by atoms with Crippen LogP contribution in [-0.4, -0.2) is 17.1 Å². The van der Waals surface area contributed by atoms with Gasteiger partial charge in [-0.1, -0.05) is 18.2 Å². The average Bonchev–Trinajstić information content (AvgIpc) is 3.16. The molecule has 3 heteroatoms. The van der Waals surface area contributed by atoms with Gasteiger partial charge in [0.1, 0.15) is 5.75 Å². The van der Waals surface area contributed by atoms with Gasteiger partial charge in [0.05, 0.1) is 18.5 Å². The molecule has 0 saturated carbocycles. The van der Waals surface area contributed by atoms with E-state index in [1.165, 1.54) is 0 Å². The van der Waals surface area contributed by atoms with Crippen LogP contribution in [0.15, 0.2) is 54.7 Å². The fourth-order valence-electron chi connectivity index (χ4n) is 2.07. The molecule has 3 rings (SSSR count). The van der Waals surface area contributed by atoms with Crippen LogP contribution in [0.4, 0.5) is 0 Å². The van der Waals surface area contributed by atoms with E-state index in [4.69, 9.17) is 4.74 Å². The smallest absolute Gasteiger partial charge is 0.118 e. The van der Waals surface area contributed by atoms with E-state index < -0.39 is 0 Å². The fraction of sp³-hybridized carbons (Fsp3) is 0.0588. The molecule has 0 unspecified atom stereocenters. The van der Waals surface area contributed by atoms with E-state index in [2.05, 4.69) is 34.3 Å². The largest absolute Gasteiger partial charge is 0.497 e. The average molecular weight is 264 g/mol. The van der Waals surface area contributed by atoms with Gasteiger partial charge in [0.15, 0.2) is 0 Å². The number of nitrogens with one attached hydrogen (secondary N) is 2. The number of H-pyrrole nitrogens is 2. The van der Waals surface area contributed by atoms with E-state index in [-0.39, 0.29) is 0 Å². The molecule has 0 amide bonds. The number of hydrogen-bond acceptors (Lipinski definition) is 1. The van der Waals surface area contributed by atoms with Crippen LogP contribution in [-0.2, 0) is 0 Å². The molecule has 2 heterocycles. The van der Waals surface area contributed by atoms with Gasteiger partial charge >= 0.3 is 0 Å². The Hall–Kier alpha value is -2.68. The lowest BCUT2D eigenvalue weighted by molar-refractivity contribution is 0.415. The van der Waals surface area contributed by atoms with Crippen LogP contribution in [0.1, 0.15) is 11.3 Å². The SMILES string of the molecule is COc1ccc(/C=C/c2ccc(-c3ccc[nH]3)[nH]2)cc1. The Morgan fingerprint density at radius 1 is 0.900 bits per heavy atom. The van der Waals surface area contributed by atoms with Crippen LogP contribution in [0, 0.1) is 0 Å². The van der Waals surface area contributed by atoms with Crippen LogP contribution < -0.4 is 4.74 Å². The molecule has 2 N–H and O–H groups in total. The van der Waals surface area contributed by atoms with Gasteiger partial charge in [-0.25, -0.2) is 0 Å². The molecule has 3 aromatic rings. The number of aromatic amines is 2. The van der Waals surface area contributed by atoms with Crippen LogP contribution in [0.5, 0.6) is 5.75 Å². The molecule has 0 saturated heterocycles. The first-order valence-corrected chi connectivity index (χ1v) is 6.50. The molecule has 0 atom stereocenters. The number of methoxy groups -OCH3 is 1. The minimum Gasteiger partial charge on any atom is -0.497 e. The maximum Gasteiger partial charge on any atom is 0.118 e. The fourth-order valence-corrected chi connectivity index (χ4v) is 2.07. The Balaban J connectivity index is 1.75. The molecule has 2 aromatic heterocycles. The second kappa shape index (κ2) is 5.53. The number of rotatable bonds is 4. The van der Waals surface area contributed by atoms with E-state index in [0.29, 0.717) is 0 Å². The van der Waals surface area contributed by atoms with E-state index in [0.717, 1.165) is 28.4 Å². The van der Waals surface area contributed by atoms with Crippen LogP contribution in [0.25, 0.3) is 23.5 Å². The molecule has 0 bridgehead atoms. The Labute approximate surface area is 117 Å². The van der Waals surface area contributed by atoms with Gasteiger partial charge in [-0.05, 0) is 48.0 Å². The summed E-state index contributed by atoms with van der Waals surface area (Å²) in [5.74, 6) is 0.871. The van der Waals surface area contributed by atoms with Crippen molar-refractivity contribution in [3.05, 3.63) is 66.0 Å². The number of hydrogen-bond donors (Lipinski definition) is 2. The zero-order chi connectivity index (χ0) is 13.8. The second-order valence-corrected chi connectivity index (χ2v) is 4.52. The summed E-state index contributed by atoms with van der Waals surface area (Å²) >= 11 is 0. The zero-order valence-electron chi connectivity index (χ0n) is 11.3. The summed E-state index contributed by atoms with van der Waals surface area (Å²) in [6.45, 7) is 0. The minimum absolute atomic E-state index is 0.871. The van der Waals surface area contributed by atoms with Gasteiger partial charge in [-0.2, -0.15) is 0 Å². The van der Waals surface area contributed by atoms with E-state index >= 15 is 0 Å². The first-order valence-electron chi connectivity index (χ1n) is 6.50. The molecular weight excluding hydrogens is 248 g/mol. The van der Waals surface area contributed by atoms with Gasteiger partial charge in [0.25, 0.3) is 0 Å². The Morgan fingerprint density at radius 2 is 1.75 bits per heavy atom. The van der Waals surface area contributed by atoms with Gasteiger partial charge in [0.2, 0.25) is 0 Å². The maximum atomic E-state index is 5.14. The van der Waals surface area contributed by atoms with Crippen molar-refractivity contribution < 1.29 is 4.74 Å². The lowest BCUT2D eigenvalue weighted by Gasteiger charge is -1.98. The van der Waals surface area contributed by atoms with Crippen LogP contribution in [0.3, 0.4) is 0 Å². The highest BCUT2D eigenvalue weighted by Gasteiger charge is 1.99. The quantitative estimate of drug-likeness (QED) is 0.729. The number of aromatic nitrogens is 2. The molecule has 0 aliphatic heterocycles. The van der Waals surface area contributed by atoms with Crippen molar-refractivity contribution in [2.45, 2.75) is 0 Å². The molecule has 0 spiro atoms. The summed E-state index contributed by atoms with van der Waals surface area (Å²) in [5.41, 5.74) is 4.39. The minimum atomic E-state index is 0.871. The molecule has 0 aliphatic rings. The monoisotopic (exact) mass is 264 g/mol. The topological polar surface area (TPSA) is 40.8 Å². The van der Waals surface area contributed by atoms with Crippen molar-refractivity contribution in [2.75, 3.05) is 7.11 Å². The summed E-state index contributed by atoms with van der Waals surface area (Å²) < 4.78 is 5.14. The number of benzene rings is 1. The highest BCUT2D eigenvalue weighted by molar-refractivity contribution is 5.70. The molecule has 3 nitrogen and oxygen atoms in total. The summed E-state index contributed by atoms with van der Waals surface area (Å²) in [7, 11) is 1.67. The third-order valence-corrected chi connectivity index (χ3v) is 3.17. The first kappa shape index (κ1) is 12.4. The molecule has 20 heavy (non-hydrogen) atoms. The number of ether oxygens (including phenoxy) is 1. The van der Waals surface area contributed by atoms with Gasteiger partial charge in [-0.3, -0.25) is 0 Å². The Morgan fingerprint density at radius 3 is 2.45 bits per heavy atom. The predicted octanol–water partition coefficient (Wildman–Crippen LogP) is 4.19. The van der Waals surface area contributed by atoms with Crippen molar-refractivity contribution in [1.82, 2.24) is 9.97 Å². The highest BCUT2D eigenvalue weighted by atomic mass is 16.5. The third kappa shape index (κ3) is 2.67. The van der Waals surface area contributed by atoms with Crippen molar-refractivity contribution in [3.8, 4) is 17.1 Å². The van der Waals surface area contributed by atoms with E-state index in [1.807, 2.05) is 42.6 Å². The van der Waals surface area contributed by atoms with Crippen molar-refractivity contribution >= 4 is 12.2 Å². The van der Waals surface area contributed by atoms with Crippen LogP contribution in [0.2, 0.25) is 0 Å². The summed E-state index contributed by atoms with van der Waals surface area (Å²) in [6.07, 6.45) is 6.06. The molecule has 0 fully saturated rings. The molecule has 1 aromatic carbocycles. The summed E-state index contributed by atoms with van der Waals surface area (Å²) in [4.78, 5) is 6.55. The van der Waals surface area contributed by atoms with E-state index in [1.54, 1.807) is 7.11 Å². The van der Waals surface area contributed by atoms with Crippen molar-refractivity contribution in [3.63, 3.8) is 0 Å². The maximum absolute atomic E-state index is 5.14. The molecular formula is C17H16N2O. The van der Waals surface area contributed by atoms with E-state index in [9.17, 15) is 0 Å². The third-order valence-electron chi connectivity index (χ3n) is 3.17. The highest BCUT2D eigenvalue weighted by Crippen LogP contribution is 2.18. The molecule has 100 valence electrons. The van der Waals surface area contributed by atoms with Gasteiger partial charge < -0.3 is 14.7 Å². The normalized spacial score (nSPS) is 11.1. The standard InChI is InChI=1S/C17H16N2O/c1-20-15-9-5-13(6-10-15)4-7-14-8-11-17(19-14)16-3-2-12-18-16/h2-12,18-19H,1H3/b7-4+. The Kier molecular flexibility index (Phi) is 3.42. The summed E-state index contributed by atoms with van der Waals surface area (Å²) in [6, 6.07) is 16.1. The second-order valence-electron chi connectivity index (χ2n) is 4.52. The van der Waals surface area contributed by atoms with Gasteiger partial charge in [0, 0.05) is 11.9 Å². The van der Waals surface area contributed by atoms with Crippen LogP contribution >= 0.6 is 0 Å². The van der Waals surface area contributed by atoms with Crippen molar-refractivity contribution in [1.29, 1.82) is 0 Å². The summed E-state index contributed by atoms with van der Waals surface area (Å²) in [5, 5.41) is 0. The first-order chi connectivity index (χ1) is 9.85. The predicted molar refractivity (Wildman–Crippen MR) is 82.5 cm³/mol. The van der Waals surface area contributed by atoms with Gasteiger partial charge in [-0.15, -0.1) is 0 Å². The zero-order valence-corrected chi connectivity index (χ0v) is 11.3. The lowest BCUT2D eigenvalue weighted by atomic mass is 10.2. The Bertz CT molecular complexity index is 691. The molecule has 0 aliphatic carbocycles. The van der Waals surface area contributed by atoms with Crippen molar-refractivity contribution in [2.24, 2.45) is 0 Å². The lowest BCUT2D eigenvalue weighted by Crippen LogP contribution is -1.81. The molecule has 0 radical (unpaired) electrons.